The monoisotopic (exact) mass is 747 g/mol. The van der Waals surface area contributed by atoms with Crippen molar-refractivity contribution in [3.63, 3.8) is 0 Å². The Bertz CT molecular complexity index is 1290. The van der Waals surface area contributed by atoms with Crippen LogP contribution in [0.3, 0.4) is 0 Å². The van der Waals surface area contributed by atoms with Crippen molar-refractivity contribution in [3.8, 4) is 11.5 Å². The summed E-state index contributed by atoms with van der Waals surface area (Å²) in [4.78, 5) is 0. The van der Waals surface area contributed by atoms with E-state index in [0.29, 0.717) is 13.2 Å². The molecule has 0 atom stereocenters. The molecular weight excluding hydrogens is 665 g/mol. The van der Waals surface area contributed by atoms with Gasteiger partial charge < -0.3 is 27.4 Å². The van der Waals surface area contributed by atoms with Gasteiger partial charge in [0.05, 0.1) is 78.5 Å². The number of hydrogen-bond donors (Lipinski definition) is 0. The third kappa shape index (κ3) is 12.0. The molecule has 0 aliphatic heterocycles. The maximum Gasteiger partial charge on any atom is 0.120 e. The van der Waals surface area contributed by atoms with Gasteiger partial charge in [-0.2, -0.15) is 0 Å². The van der Waals surface area contributed by atoms with Gasteiger partial charge in [0.1, 0.15) is 50.9 Å². The molecule has 0 bridgehead atoms. The van der Waals surface area contributed by atoms with Gasteiger partial charge in [-0.3, -0.25) is 0 Å². The first-order valence-electron chi connectivity index (χ1n) is 21.9. The van der Waals surface area contributed by atoms with Gasteiger partial charge in [-0.25, -0.2) is 0 Å². The van der Waals surface area contributed by atoms with Gasteiger partial charge in [0.15, 0.2) is 0 Å². The third-order valence-corrected chi connectivity index (χ3v) is 14.0. The van der Waals surface area contributed by atoms with E-state index in [0.717, 1.165) is 134 Å². The van der Waals surface area contributed by atoms with Gasteiger partial charge in [0, 0.05) is 22.3 Å². The zero-order chi connectivity index (χ0) is 39.8. The number of ether oxygens (including phenoxy) is 2. The third-order valence-electron chi connectivity index (χ3n) is 14.0. The molecule has 3 aromatic carbocycles. The van der Waals surface area contributed by atoms with Gasteiger partial charge >= 0.3 is 0 Å². The van der Waals surface area contributed by atoms with Crippen LogP contribution in [-0.4, -0.2) is 96.5 Å². The number of hydrogen-bond acceptors (Lipinski definition) is 2. The summed E-state index contributed by atoms with van der Waals surface area (Å²) in [6, 6.07) is 22.9. The smallest absolute Gasteiger partial charge is 0.120 e. The van der Waals surface area contributed by atoms with E-state index in [-0.39, 0.29) is 0 Å². The molecule has 0 saturated heterocycles. The topological polar surface area (TPSA) is 18.5 Å². The number of rotatable bonds is 26. The Morgan fingerprint density at radius 1 is 0.296 bits per heavy atom. The van der Waals surface area contributed by atoms with Crippen molar-refractivity contribution >= 4 is 0 Å². The molecule has 0 N–H and O–H groups in total. The molecule has 0 aliphatic carbocycles. The van der Waals surface area contributed by atoms with Crippen LogP contribution in [0.2, 0.25) is 0 Å². The van der Waals surface area contributed by atoms with Gasteiger partial charge in [-0.05, 0) is 131 Å². The fourth-order valence-electron chi connectivity index (χ4n) is 8.63. The number of quaternary nitrogens is 4. The molecule has 0 aliphatic rings. The van der Waals surface area contributed by atoms with Gasteiger partial charge in [0.25, 0.3) is 0 Å². The lowest BCUT2D eigenvalue weighted by Crippen LogP contribution is -2.47. The molecule has 0 radical (unpaired) electrons. The molecule has 0 unspecified atom stereocenters. The van der Waals surface area contributed by atoms with E-state index in [9.17, 15) is 0 Å². The first-order valence-corrected chi connectivity index (χ1v) is 21.9. The molecule has 0 fully saturated rings. The lowest BCUT2D eigenvalue weighted by Gasteiger charge is -2.37. The van der Waals surface area contributed by atoms with Gasteiger partial charge in [-0.1, -0.05) is 24.3 Å². The summed E-state index contributed by atoms with van der Waals surface area (Å²) in [6.45, 7) is 46.9. The summed E-state index contributed by atoms with van der Waals surface area (Å²) in [6.07, 6.45) is 0. The quantitative estimate of drug-likeness (QED) is 0.0762. The van der Waals surface area contributed by atoms with Crippen LogP contribution in [0.15, 0.2) is 60.7 Å². The summed E-state index contributed by atoms with van der Waals surface area (Å²) in [7, 11) is 0. The minimum atomic E-state index is 0.554. The summed E-state index contributed by atoms with van der Waals surface area (Å²) in [5.41, 5.74) is 7.92. The van der Waals surface area contributed by atoms with E-state index in [1.807, 2.05) is 0 Å². The van der Waals surface area contributed by atoms with Crippen molar-refractivity contribution in [2.24, 2.45) is 0 Å². The van der Waals surface area contributed by atoms with Crippen molar-refractivity contribution in [1.82, 2.24) is 0 Å². The summed E-state index contributed by atoms with van der Waals surface area (Å²) < 4.78 is 17.6. The fraction of sp³-hybridized carbons (Fsp3) is 0.625. The number of benzene rings is 3. The minimum absolute atomic E-state index is 0.554. The molecule has 0 amide bonds. The molecule has 54 heavy (non-hydrogen) atoms. The minimum Gasteiger partial charge on any atom is -0.489 e. The van der Waals surface area contributed by atoms with Crippen LogP contribution in [0.25, 0.3) is 0 Å². The Morgan fingerprint density at radius 2 is 0.500 bits per heavy atom. The van der Waals surface area contributed by atoms with Crippen LogP contribution < -0.4 is 9.47 Å². The Labute approximate surface area is 333 Å². The molecule has 6 heteroatoms. The molecule has 0 spiro atoms. The SMILES string of the molecule is CC[N+](CC)(CC)Cc1cc(C[N+](CC)(CC)CC)cc(OCc2ccc(COc3cc(C[N+](CC)(CC)CC)cc(C[N+](CC)(CC)CC)c3)cc2)c1. The Morgan fingerprint density at radius 3 is 0.685 bits per heavy atom. The number of nitrogens with zero attached hydrogens (tertiary/aromatic N) is 4. The Kier molecular flexibility index (Phi) is 18.0. The average molecular weight is 747 g/mol. The second-order valence-corrected chi connectivity index (χ2v) is 16.2. The highest BCUT2D eigenvalue weighted by molar-refractivity contribution is 5.36. The predicted octanol–water partition coefficient (Wildman–Crippen LogP) is 10.4. The maximum atomic E-state index is 6.59. The first-order chi connectivity index (χ1) is 25.9. The van der Waals surface area contributed by atoms with Gasteiger partial charge in [0.2, 0.25) is 0 Å². The van der Waals surface area contributed by atoms with Crippen LogP contribution in [0.1, 0.15) is 116 Å². The van der Waals surface area contributed by atoms with E-state index >= 15 is 0 Å². The zero-order valence-electron chi connectivity index (χ0n) is 37.1. The summed E-state index contributed by atoms with van der Waals surface area (Å²) in [5, 5.41) is 0. The standard InChI is InChI=1S/C48H82N4O2/c1-13-49(14-2,15-3)35-43-29-44(36-50(16-4,17-5)18-6)32-47(31-43)53-39-41-25-27-42(28-26-41)40-54-48-33-45(37-51(19-7,20-8)21-9)30-46(34-48)38-52(22-10,23-11)24-12/h25-34H,13-24,35-40H2,1-12H3/q+4. The molecule has 3 aromatic rings. The van der Waals surface area contributed by atoms with Crippen molar-refractivity contribution < 1.29 is 27.4 Å². The van der Waals surface area contributed by atoms with Crippen LogP contribution >= 0.6 is 0 Å². The van der Waals surface area contributed by atoms with Crippen molar-refractivity contribution in [2.45, 2.75) is 122 Å². The molecule has 6 nitrogen and oxygen atoms in total. The lowest BCUT2D eigenvalue weighted by molar-refractivity contribution is -0.936. The van der Waals surface area contributed by atoms with Crippen LogP contribution in [0.5, 0.6) is 11.5 Å². The van der Waals surface area contributed by atoms with E-state index in [1.165, 1.54) is 33.4 Å². The predicted molar refractivity (Wildman–Crippen MR) is 230 cm³/mol. The maximum absolute atomic E-state index is 6.59. The van der Waals surface area contributed by atoms with E-state index < -0.39 is 0 Å². The second-order valence-electron chi connectivity index (χ2n) is 16.2. The van der Waals surface area contributed by atoms with Crippen molar-refractivity contribution in [3.05, 3.63) is 94.0 Å². The largest absolute Gasteiger partial charge is 0.489 e. The lowest BCUT2D eigenvalue weighted by atomic mass is 10.1. The van der Waals surface area contributed by atoms with E-state index in [4.69, 9.17) is 9.47 Å². The molecule has 3 rings (SSSR count). The molecule has 0 aromatic heterocycles. The molecule has 302 valence electrons. The van der Waals surface area contributed by atoms with Gasteiger partial charge in [-0.15, -0.1) is 0 Å². The van der Waals surface area contributed by atoms with Crippen LogP contribution in [0.4, 0.5) is 0 Å². The second kappa shape index (κ2) is 21.4. The first kappa shape index (κ1) is 45.5. The van der Waals surface area contributed by atoms with Crippen molar-refractivity contribution in [2.75, 3.05) is 78.5 Å². The molecular formula is C48H82N4O2+4. The fourth-order valence-corrected chi connectivity index (χ4v) is 8.63. The van der Waals surface area contributed by atoms with Crippen LogP contribution in [-0.2, 0) is 39.4 Å². The average Bonchev–Trinajstić information content (AvgIpc) is 3.22. The van der Waals surface area contributed by atoms with E-state index in [2.05, 4.69) is 144 Å². The van der Waals surface area contributed by atoms with Crippen molar-refractivity contribution in [1.29, 1.82) is 0 Å². The highest BCUT2D eigenvalue weighted by Gasteiger charge is 2.27. The Balaban J connectivity index is 1.81. The normalized spacial score (nSPS) is 12.7. The molecule has 0 saturated carbocycles. The molecule has 0 heterocycles. The highest BCUT2D eigenvalue weighted by atomic mass is 16.5. The van der Waals surface area contributed by atoms with E-state index in [1.54, 1.807) is 0 Å². The summed E-state index contributed by atoms with van der Waals surface area (Å²) >= 11 is 0. The highest BCUT2D eigenvalue weighted by Crippen LogP contribution is 2.28. The Hall–Kier alpha value is -2.90. The zero-order valence-corrected chi connectivity index (χ0v) is 37.1. The van der Waals surface area contributed by atoms with Crippen LogP contribution in [0, 0.1) is 0 Å². The summed E-state index contributed by atoms with van der Waals surface area (Å²) in [5.74, 6) is 1.98.